The average molecular weight is 426 g/mol. The van der Waals surface area contributed by atoms with Crippen molar-refractivity contribution in [2.24, 2.45) is 0 Å². The minimum atomic E-state index is -0.497. The standard InChI is InChI=1S/C23H21ClFN3O2/c1-23(2,3)30-18-12-15-20(27-14-9-10-17(25)16(24)11-14)22(26)29-21(15)19(28-18)13-7-5-4-6-8-13/h4-12,27H,26H2,1-3H3. The maximum Gasteiger partial charge on any atom is 0.215 e. The summed E-state index contributed by atoms with van der Waals surface area (Å²) in [4.78, 5) is 4.67. The van der Waals surface area contributed by atoms with Crippen LogP contribution in [0.25, 0.3) is 22.2 Å². The summed E-state index contributed by atoms with van der Waals surface area (Å²) in [6.07, 6.45) is 0. The number of hydrogen-bond acceptors (Lipinski definition) is 5. The van der Waals surface area contributed by atoms with Crippen molar-refractivity contribution >= 4 is 39.8 Å². The van der Waals surface area contributed by atoms with E-state index in [-0.39, 0.29) is 10.9 Å². The third-order valence-electron chi connectivity index (χ3n) is 4.32. The van der Waals surface area contributed by atoms with Gasteiger partial charge >= 0.3 is 0 Å². The van der Waals surface area contributed by atoms with Crippen molar-refractivity contribution in [2.45, 2.75) is 26.4 Å². The number of ether oxygens (including phenoxy) is 1. The maximum atomic E-state index is 13.5. The van der Waals surface area contributed by atoms with Crippen LogP contribution in [-0.2, 0) is 0 Å². The van der Waals surface area contributed by atoms with E-state index in [4.69, 9.17) is 26.5 Å². The molecular formula is C23H21ClFN3O2. The van der Waals surface area contributed by atoms with Crippen LogP contribution in [-0.4, -0.2) is 10.6 Å². The Bertz CT molecular complexity index is 1220. The molecule has 0 aliphatic carbocycles. The maximum absolute atomic E-state index is 13.5. The molecule has 0 atom stereocenters. The lowest BCUT2D eigenvalue weighted by atomic mass is 10.1. The first-order chi connectivity index (χ1) is 14.2. The molecule has 4 aromatic rings. The quantitative estimate of drug-likeness (QED) is 0.376. The van der Waals surface area contributed by atoms with Crippen LogP contribution in [0.4, 0.5) is 21.6 Å². The summed E-state index contributed by atoms with van der Waals surface area (Å²) >= 11 is 5.92. The van der Waals surface area contributed by atoms with Crippen LogP contribution in [0.15, 0.2) is 59.0 Å². The summed E-state index contributed by atoms with van der Waals surface area (Å²) in [6, 6.07) is 15.8. The Morgan fingerprint density at radius 3 is 2.50 bits per heavy atom. The molecular weight excluding hydrogens is 405 g/mol. The number of rotatable bonds is 4. The van der Waals surface area contributed by atoms with Crippen LogP contribution in [0, 0.1) is 5.82 Å². The zero-order chi connectivity index (χ0) is 21.5. The molecule has 7 heteroatoms. The first-order valence-electron chi connectivity index (χ1n) is 9.41. The predicted molar refractivity (Wildman–Crippen MR) is 119 cm³/mol. The van der Waals surface area contributed by atoms with Gasteiger partial charge < -0.3 is 20.2 Å². The number of nitrogens with zero attached hydrogens (tertiary/aromatic N) is 1. The highest BCUT2D eigenvalue weighted by Gasteiger charge is 2.22. The van der Waals surface area contributed by atoms with Gasteiger partial charge in [-0.3, -0.25) is 0 Å². The zero-order valence-electron chi connectivity index (χ0n) is 16.8. The Labute approximate surface area is 178 Å². The highest BCUT2D eigenvalue weighted by atomic mass is 35.5. The number of nitrogens with one attached hydrogen (secondary N) is 1. The molecule has 5 nitrogen and oxygen atoms in total. The second kappa shape index (κ2) is 7.54. The Kier molecular flexibility index (Phi) is 5.03. The van der Waals surface area contributed by atoms with Gasteiger partial charge in [0, 0.05) is 17.3 Å². The van der Waals surface area contributed by atoms with Crippen molar-refractivity contribution in [3.8, 4) is 17.1 Å². The fourth-order valence-electron chi connectivity index (χ4n) is 3.10. The number of halogens is 2. The Hall–Kier alpha value is -3.25. The van der Waals surface area contributed by atoms with Gasteiger partial charge in [0.25, 0.3) is 0 Å². The molecule has 30 heavy (non-hydrogen) atoms. The van der Waals surface area contributed by atoms with E-state index in [1.54, 1.807) is 12.1 Å². The first-order valence-corrected chi connectivity index (χ1v) is 9.78. The lowest BCUT2D eigenvalue weighted by Crippen LogP contribution is -2.23. The molecule has 154 valence electrons. The smallest absolute Gasteiger partial charge is 0.215 e. The highest BCUT2D eigenvalue weighted by molar-refractivity contribution is 6.31. The molecule has 0 bridgehead atoms. The van der Waals surface area contributed by atoms with Gasteiger partial charge in [0.1, 0.15) is 22.8 Å². The lowest BCUT2D eigenvalue weighted by molar-refractivity contribution is 0.124. The van der Waals surface area contributed by atoms with Crippen molar-refractivity contribution in [3.05, 3.63) is 65.4 Å². The lowest BCUT2D eigenvalue weighted by Gasteiger charge is -2.21. The molecule has 2 aromatic heterocycles. The average Bonchev–Trinajstić information content (AvgIpc) is 2.99. The Morgan fingerprint density at radius 1 is 1.10 bits per heavy atom. The summed E-state index contributed by atoms with van der Waals surface area (Å²) in [5.41, 5.74) is 8.86. The largest absolute Gasteiger partial charge is 0.472 e. The van der Waals surface area contributed by atoms with Crippen molar-refractivity contribution < 1.29 is 13.5 Å². The van der Waals surface area contributed by atoms with Gasteiger partial charge in [-0.15, -0.1) is 0 Å². The number of fused-ring (bicyclic) bond motifs is 1. The minimum absolute atomic E-state index is 0.00904. The van der Waals surface area contributed by atoms with E-state index in [1.165, 1.54) is 12.1 Å². The second-order valence-electron chi connectivity index (χ2n) is 7.86. The molecule has 0 spiro atoms. The van der Waals surface area contributed by atoms with Crippen LogP contribution < -0.4 is 15.8 Å². The van der Waals surface area contributed by atoms with E-state index >= 15 is 0 Å². The van der Waals surface area contributed by atoms with E-state index in [0.717, 1.165) is 5.56 Å². The molecule has 4 rings (SSSR count). The summed E-state index contributed by atoms with van der Waals surface area (Å²) < 4.78 is 25.4. The topological polar surface area (TPSA) is 73.3 Å². The monoisotopic (exact) mass is 425 g/mol. The third kappa shape index (κ3) is 4.04. The molecule has 0 radical (unpaired) electrons. The molecule has 0 saturated carbocycles. The normalized spacial score (nSPS) is 11.6. The van der Waals surface area contributed by atoms with Crippen molar-refractivity contribution in [3.63, 3.8) is 0 Å². The summed E-state index contributed by atoms with van der Waals surface area (Å²) in [7, 11) is 0. The number of anilines is 3. The number of furan rings is 1. The molecule has 2 heterocycles. The number of benzene rings is 2. The van der Waals surface area contributed by atoms with E-state index < -0.39 is 11.4 Å². The highest BCUT2D eigenvalue weighted by Crippen LogP contribution is 2.41. The molecule has 0 amide bonds. The van der Waals surface area contributed by atoms with Crippen LogP contribution in [0.5, 0.6) is 5.88 Å². The van der Waals surface area contributed by atoms with Gasteiger partial charge in [0.05, 0.1) is 10.4 Å². The van der Waals surface area contributed by atoms with E-state index in [1.807, 2.05) is 51.1 Å². The molecule has 0 fully saturated rings. The van der Waals surface area contributed by atoms with E-state index in [2.05, 4.69) is 10.3 Å². The van der Waals surface area contributed by atoms with Crippen molar-refractivity contribution in [2.75, 3.05) is 11.1 Å². The Morgan fingerprint density at radius 2 is 1.83 bits per heavy atom. The molecule has 3 N–H and O–H groups in total. The zero-order valence-corrected chi connectivity index (χ0v) is 17.5. The first kappa shape index (κ1) is 20.0. The van der Waals surface area contributed by atoms with Crippen LogP contribution >= 0.6 is 11.6 Å². The fourth-order valence-corrected chi connectivity index (χ4v) is 3.28. The fraction of sp³-hybridized carbons (Fsp3) is 0.174. The summed E-state index contributed by atoms with van der Waals surface area (Å²) in [5, 5.41) is 3.88. The van der Waals surface area contributed by atoms with Crippen LogP contribution in [0.1, 0.15) is 20.8 Å². The van der Waals surface area contributed by atoms with E-state index in [9.17, 15) is 4.39 Å². The molecule has 0 saturated heterocycles. The van der Waals surface area contributed by atoms with Gasteiger partial charge in [-0.25, -0.2) is 9.37 Å². The van der Waals surface area contributed by atoms with E-state index in [0.29, 0.717) is 33.9 Å². The van der Waals surface area contributed by atoms with Gasteiger partial charge in [0.2, 0.25) is 11.8 Å². The molecule has 2 aromatic carbocycles. The number of nitrogen functional groups attached to an aromatic ring is 1. The number of nitrogens with two attached hydrogens (primary N) is 1. The molecule has 0 aliphatic heterocycles. The predicted octanol–water partition coefficient (Wildman–Crippen LogP) is 6.79. The van der Waals surface area contributed by atoms with Gasteiger partial charge in [0.15, 0.2) is 5.58 Å². The molecule has 0 aliphatic rings. The summed E-state index contributed by atoms with van der Waals surface area (Å²) in [6.45, 7) is 5.85. The van der Waals surface area contributed by atoms with Crippen molar-refractivity contribution in [1.82, 2.24) is 4.98 Å². The van der Waals surface area contributed by atoms with Gasteiger partial charge in [-0.05, 0) is 39.0 Å². The van der Waals surface area contributed by atoms with Crippen molar-refractivity contribution in [1.29, 1.82) is 0 Å². The van der Waals surface area contributed by atoms with Gasteiger partial charge in [-0.1, -0.05) is 41.9 Å². The van der Waals surface area contributed by atoms with Gasteiger partial charge in [-0.2, -0.15) is 0 Å². The number of aromatic nitrogens is 1. The summed E-state index contributed by atoms with van der Waals surface area (Å²) in [5.74, 6) is 0.121. The minimum Gasteiger partial charge on any atom is -0.472 e. The number of pyridine rings is 1. The number of hydrogen-bond donors (Lipinski definition) is 2. The third-order valence-corrected chi connectivity index (χ3v) is 4.61. The Balaban J connectivity index is 1.90. The SMILES string of the molecule is CC(C)(C)Oc1cc2c(Nc3ccc(F)c(Cl)c3)c(N)oc2c(-c2ccccc2)n1. The second-order valence-corrected chi connectivity index (χ2v) is 8.27. The van der Waals surface area contributed by atoms with Crippen LogP contribution in [0.3, 0.4) is 0 Å². The molecule has 0 unspecified atom stereocenters. The van der Waals surface area contributed by atoms with Crippen LogP contribution in [0.2, 0.25) is 5.02 Å².